The Morgan fingerprint density at radius 2 is 2.00 bits per heavy atom. The second-order valence-electron chi connectivity index (χ2n) is 6.66. The maximum Gasteiger partial charge on any atom is 0.348 e. The molecule has 1 aromatic carbocycles. The van der Waals surface area contributed by atoms with Gasteiger partial charge in [0.2, 0.25) is 0 Å². The van der Waals surface area contributed by atoms with E-state index in [0.29, 0.717) is 48.2 Å². The fourth-order valence-corrected chi connectivity index (χ4v) is 4.13. The second kappa shape index (κ2) is 9.53. The van der Waals surface area contributed by atoms with E-state index in [4.69, 9.17) is 4.74 Å². The lowest BCUT2D eigenvalue weighted by atomic mass is 10.2. The van der Waals surface area contributed by atoms with Gasteiger partial charge >= 0.3 is 5.97 Å². The Morgan fingerprint density at radius 3 is 2.73 bits per heavy atom. The van der Waals surface area contributed by atoms with Crippen molar-refractivity contribution >= 4 is 39.2 Å². The number of thiophene rings is 1. The molecule has 3 rings (SSSR count). The van der Waals surface area contributed by atoms with Crippen LogP contribution >= 0.6 is 11.3 Å². The summed E-state index contributed by atoms with van der Waals surface area (Å²) in [7, 11) is 0. The smallest absolute Gasteiger partial charge is 0.348 e. The number of hydrogen-bond acceptors (Lipinski definition) is 8. The van der Waals surface area contributed by atoms with Crippen LogP contribution in [0.3, 0.4) is 0 Å². The molecular weight excluding hydrogens is 404 g/mol. The molecule has 1 amide bonds. The molecule has 0 spiro atoms. The molecule has 0 aliphatic rings. The summed E-state index contributed by atoms with van der Waals surface area (Å²) in [5.74, 6) is 0.746. The number of anilines is 1. The van der Waals surface area contributed by atoms with Crippen LogP contribution in [-0.4, -0.2) is 46.6 Å². The Bertz CT molecular complexity index is 1080. The van der Waals surface area contributed by atoms with Crippen LogP contribution in [0.4, 0.5) is 5.82 Å². The largest absolute Gasteiger partial charge is 0.508 e. The highest BCUT2D eigenvalue weighted by Crippen LogP contribution is 2.34. The lowest BCUT2D eigenvalue weighted by Gasteiger charge is -2.09. The number of aromatic hydroxyl groups is 1. The Hall–Kier alpha value is -3.20. The second-order valence-corrected chi connectivity index (χ2v) is 7.66. The average molecular weight is 429 g/mol. The number of rotatable bonds is 8. The molecule has 158 valence electrons. The Kier molecular flexibility index (Phi) is 6.83. The van der Waals surface area contributed by atoms with E-state index in [0.717, 1.165) is 15.8 Å². The molecule has 8 nitrogen and oxygen atoms in total. The van der Waals surface area contributed by atoms with Gasteiger partial charge in [0.15, 0.2) is 0 Å². The number of benzene rings is 1. The number of aromatic nitrogens is 2. The summed E-state index contributed by atoms with van der Waals surface area (Å²) < 4.78 is 5.13. The standard InChI is InChI=1S/C21H24N4O4S/c1-4-29-21(28)17-12(2)16-18(24-13(3)25-20(16)30-17)22-9-6-10-23-19(27)14-7-5-8-15(26)11-14/h5,7-8,11,26H,4,6,9-10H2,1-3H3,(H,23,27)(H,22,24,25). The summed E-state index contributed by atoms with van der Waals surface area (Å²) in [6.07, 6.45) is 0.670. The zero-order chi connectivity index (χ0) is 21.7. The van der Waals surface area contributed by atoms with Gasteiger partial charge in [-0.3, -0.25) is 4.79 Å². The lowest BCUT2D eigenvalue weighted by Crippen LogP contribution is -2.25. The van der Waals surface area contributed by atoms with Crippen LogP contribution in [0.1, 0.15) is 44.8 Å². The number of nitrogens with one attached hydrogen (secondary N) is 2. The Morgan fingerprint density at radius 1 is 1.20 bits per heavy atom. The van der Waals surface area contributed by atoms with Crippen LogP contribution in [0, 0.1) is 13.8 Å². The Labute approximate surface area is 178 Å². The van der Waals surface area contributed by atoms with E-state index in [1.54, 1.807) is 26.0 Å². The summed E-state index contributed by atoms with van der Waals surface area (Å²) in [5, 5.41) is 16.4. The lowest BCUT2D eigenvalue weighted by molar-refractivity contribution is 0.0531. The quantitative estimate of drug-likeness (QED) is 0.372. The summed E-state index contributed by atoms with van der Waals surface area (Å²) in [5.41, 5.74) is 1.21. The highest BCUT2D eigenvalue weighted by molar-refractivity contribution is 7.20. The van der Waals surface area contributed by atoms with Gasteiger partial charge in [0.1, 0.15) is 27.1 Å². The fraction of sp³-hybridized carbons (Fsp3) is 0.333. The van der Waals surface area contributed by atoms with Crippen molar-refractivity contribution < 1.29 is 19.4 Å². The molecule has 0 aliphatic carbocycles. The summed E-state index contributed by atoms with van der Waals surface area (Å²) in [6, 6.07) is 6.22. The molecule has 0 unspecified atom stereocenters. The zero-order valence-corrected chi connectivity index (χ0v) is 17.9. The van der Waals surface area contributed by atoms with Crippen molar-refractivity contribution in [3.8, 4) is 5.75 Å². The molecule has 0 aliphatic heterocycles. The van der Waals surface area contributed by atoms with Crippen LogP contribution in [0.5, 0.6) is 5.75 Å². The van der Waals surface area contributed by atoms with E-state index in [-0.39, 0.29) is 17.6 Å². The van der Waals surface area contributed by atoms with Gasteiger partial charge in [-0.15, -0.1) is 11.3 Å². The predicted molar refractivity (Wildman–Crippen MR) is 116 cm³/mol. The van der Waals surface area contributed by atoms with Crippen molar-refractivity contribution in [2.24, 2.45) is 0 Å². The first-order chi connectivity index (χ1) is 14.4. The molecule has 3 aromatic rings. The van der Waals surface area contributed by atoms with Gasteiger partial charge in [-0.25, -0.2) is 14.8 Å². The number of esters is 1. The molecule has 2 heterocycles. The minimum atomic E-state index is -0.351. The van der Waals surface area contributed by atoms with Crippen molar-refractivity contribution in [3.63, 3.8) is 0 Å². The zero-order valence-electron chi connectivity index (χ0n) is 17.1. The van der Waals surface area contributed by atoms with Gasteiger partial charge in [-0.1, -0.05) is 6.07 Å². The van der Waals surface area contributed by atoms with E-state index < -0.39 is 0 Å². The maximum atomic E-state index is 12.2. The van der Waals surface area contributed by atoms with Crippen molar-refractivity contribution in [2.75, 3.05) is 25.0 Å². The van der Waals surface area contributed by atoms with Gasteiger partial charge in [-0.2, -0.15) is 0 Å². The molecule has 0 fully saturated rings. The summed E-state index contributed by atoms with van der Waals surface area (Å²) in [4.78, 5) is 34.5. The minimum absolute atomic E-state index is 0.0563. The van der Waals surface area contributed by atoms with Gasteiger partial charge in [-0.05, 0) is 51.0 Å². The van der Waals surface area contributed by atoms with Gasteiger partial charge < -0.3 is 20.5 Å². The highest BCUT2D eigenvalue weighted by atomic mass is 32.1. The first-order valence-electron chi connectivity index (χ1n) is 9.66. The first-order valence-corrected chi connectivity index (χ1v) is 10.5. The molecule has 30 heavy (non-hydrogen) atoms. The number of ether oxygens (including phenoxy) is 1. The minimum Gasteiger partial charge on any atom is -0.508 e. The third kappa shape index (κ3) is 4.85. The number of phenols is 1. The SMILES string of the molecule is CCOC(=O)c1sc2nc(C)nc(NCCCNC(=O)c3cccc(O)c3)c2c1C. The topological polar surface area (TPSA) is 113 Å². The predicted octanol–water partition coefficient (Wildman–Crippen LogP) is 3.42. The van der Waals surface area contributed by atoms with Gasteiger partial charge in [0.05, 0.1) is 12.0 Å². The number of nitrogens with zero attached hydrogens (tertiary/aromatic N) is 2. The molecule has 0 bridgehead atoms. The molecule has 0 atom stereocenters. The van der Waals surface area contributed by atoms with Crippen LogP contribution < -0.4 is 10.6 Å². The van der Waals surface area contributed by atoms with Gasteiger partial charge in [0, 0.05) is 18.7 Å². The Balaban J connectivity index is 1.63. The normalized spacial score (nSPS) is 10.8. The van der Waals surface area contributed by atoms with Gasteiger partial charge in [0.25, 0.3) is 5.91 Å². The molecule has 2 aromatic heterocycles. The van der Waals surface area contributed by atoms with Crippen LogP contribution in [0.25, 0.3) is 10.2 Å². The highest BCUT2D eigenvalue weighted by Gasteiger charge is 2.20. The van der Waals surface area contributed by atoms with E-state index in [2.05, 4.69) is 20.6 Å². The third-order valence-corrected chi connectivity index (χ3v) is 5.57. The number of aryl methyl sites for hydroxylation is 2. The van der Waals surface area contributed by atoms with E-state index >= 15 is 0 Å². The summed E-state index contributed by atoms with van der Waals surface area (Å²) >= 11 is 1.30. The van der Waals surface area contributed by atoms with E-state index in [1.165, 1.54) is 23.5 Å². The number of carbonyl (C=O) groups excluding carboxylic acids is 2. The van der Waals surface area contributed by atoms with Crippen LogP contribution in [0.2, 0.25) is 0 Å². The van der Waals surface area contributed by atoms with Crippen molar-refractivity contribution in [1.29, 1.82) is 0 Å². The number of fused-ring (bicyclic) bond motifs is 1. The third-order valence-electron chi connectivity index (χ3n) is 4.40. The fourth-order valence-electron chi connectivity index (χ4n) is 3.01. The van der Waals surface area contributed by atoms with Crippen LogP contribution in [-0.2, 0) is 4.74 Å². The number of carbonyl (C=O) groups is 2. The van der Waals surface area contributed by atoms with Crippen molar-refractivity contribution in [2.45, 2.75) is 27.2 Å². The molecule has 0 saturated heterocycles. The summed E-state index contributed by atoms with van der Waals surface area (Å²) in [6.45, 7) is 6.80. The monoisotopic (exact) mass is 428 g/mol. The van der Waals surface area contributed by atoms with Crippen LogP contribution in [0.15, 0.2) is 24.3 Å². The molecule has 0 radical (unpaired) electrons. The van der Waals surface area contributed by atoms with E-state index in [1.807, 2.05) is 6.92 Å². The van der Waals surface area contributed by atoms with E-state index in [9.17, 15) is 14.7 Å². The number of hydrogen-bond donors (Lipinski definition) is 3. The van der Waals surface area contributed by atoms with Crippen molar-refractivity contribution in [3.05, 3.63) is 46.1 Å². The maximum absolute atomic E-state index is 12.2. The molecule has 0 saturated carbocycles. The number of amides is 1. The molecular formula is C21H24N4O4S. The number of phenolic OH excluding ortho intramolecular Hbond substituents is 1. The molecule has 3 N–H and O–H groups in total. The first kappa shape index (κ1) is 21.5. The van der Waals surface area contributed by atoms with Crippen molar-refractivity contribution in [1.82, 2.24) is 15.3 Å². The molecule has 9 heteroatoms. The average Bonchev–Trinajstić information content (AvgIpc) is 3.04.